The number of esters is 2. The van der Waals surface area contributed by atoms with Gasteiger partial charge in [0.1, 0.15) is 0 Å². The second kappa shape index (κ2) is 13.6. The van der Waals surface area contributed by atoms with E-state index in [0.717, 1.165) is 19.3 Å². The van der Waals surface area contributed by atoms with Gasteiger partial charge >= 0.3 is 11.9 Å². The number of carbonyl (C=O) groups is 2. The van der Waals surface area contributed by atoms with Crippen LogP contribution in [-0.4, -0.2) is 26.2 Å². The van der Waals surface area contributed by atoms with Crippen LogP contribution in [-0.2, 0) is 19.1 Å². The van der Waals surface area contributed by atoms with Crippen LogP contribution in [0.5, 0.6) is 0 Å². The van der Waals surface area contributed by atoms with Crippen molar-refractivity contribution in [1.82, 2.24) is 0 Å². The molecule has 22 heavy (non-hydrogen) atoms. The molecule has 0 saturated carbocycles. The van der Waals surface area contributed by atoms with E-state index in [2.05, 4.69) is 11.7 Å². The Labute approximate surface area is 135 Å². The Morgan fingerprint density at radius 1 is 0.773 bits per heavy atom. The predicted molar refractivity (Wildman–Crippen MR) is 88.5 cm³/mol. The number of carbonyl (C=O) groups excluding carboxylic acids is 2. The first-order chi connectivity index (χ1) is 10.5. The summed E-state index contributed by atoms with van der Waals surface area (Å²) < 4.78 is 9.39. The average Bonchev–Trinajstić information content (AvgIpc) is 2.54. The van der Waals surface area contributed by atoms with Crippen molar-refractivity contribution in [1.29, 1.82) is 0 Å². The Balaban J connectivity index is 3.36. The Morgan fingerprint density at radius 2 is 1.27 bits per heavy atom. The molecule has 130 valence electrons. The maximum Gasteiger partial charge on any atom is 0.308 e. The number of ether oxygens (including phenoxy) is 2. The quantitative estimate of drug-likeness (QED) is 0.371. The third-order valence-corrected chi connectivity index (χ3v) is 4.44. The topological polar surface area (TPSA) is 52.6 Å². The van der Waals surface area contributed by atoms with E-state index in [1.54, 1.807) is 0 Å². The van der Waals surface area contributed by atoms with Gasteiger partial charge in [-0.05, 0) is 18.8 Å². The third kappa shape index (κ3) is 10.6. The highest BCUT2D eigenvalue weighted by molar-refractivity contribution is 5.72. The molecule has 0 aromatic heterocycles. The molecule has 2 unspecified atom stereocenters. The minimum atomic E-state index is -0.102. The van der Waals surface area contributed by atoms with Crippen molar-refractivity contribution in [3.63, 3.8) is 0 Å². The predicted octanol–water partition coefficient (Wildman–Crippen LogP) is 4.51. The van der Waals surface area contributed by atoms with Crippen molar-refractivity contribution in [3.8, 4) is 0 Å². The number of methoxy groups -OCH3 is 2. The van der Waals surface area contributed by atoms with Crippen molar-refractivity contribution in [2.75, 3.05) is 14.2 Å². The van der Waals surface area contributed by atoms with Crippen molar-refractivity contribution in [2.24, 2.45) is 11.8 Å². The first-order valence-corrected chi connectivity index (χ1v) is 8.67. The number of unbranched alkanes of at least 4 members (excludes halogenated alkanes) is 7. The van der Waals surface area contributed by atoms with Gasteiger partial charge in [-0.2, -0.15) is 0 Å². The standard InChI is InChI=1S/C18H34O4/c1-15(16(2)18(20)22-4)13-11-9-7-5-6-8-10-12-14-17(19)21-3/h15-16H,5-14H2,1-4H3. The first kappa shape index (κ1) is 20.9. The summed E-state index contributed by atoms with van der Waals surface area (Å²) >= 11 is 0. The minimum Gasteiger partial charge on any atom is -0.469 e. The van der Waals surface area contributed by atoms with Crippen LogP contribution in [0.15, 0.2) is 0 Å². The van der Waals surface area contributed by atoms with Gasteiger partial charge in [0.05, 0.1) is 20.1 Å². The van der Waals surface area contributed by atoms with E-state index in [1.807, 2.05) is 6.92 Å². The second-order valence-corrected chi connectivity index (χ2v) is 6.23. The van der Waals surface area contributed by atoms with Crippen LogP contribution in [0.4, 0.5) is 0 Å². The maximum absolute atomic E-state index is 11.4. The summed E-state index contributed by atoms with van der Waals surface area (Å²) in [6.45, 7) is 4.08. The van der Waals surface area contributed by atoms with Crippen LogP contribution in [0, 0.1) is 11.8 Å². The molecule has 0 N–H and O–H groups in total. The van der Waals surface area contributed by atoms with E-state index >= 15 is 0 Å². The van der Waals surface area contributed by atoms with Gasteiger partial charge in [0.15, 0.2) is 0 Å². The summed E-state index contributed by atoms with van der Waals surface area (Å²) in [5.74, 6) is 0.195. The Hall–Kier alpha value is -1.06. The highest BCUT2D eigenvalue weighted by atomic mass is 16.5. The zero-order chi connectivity index (χ0) is 16.8. The summed E-state index contributed by atoms with van der Waals surface area (Å²) in [5, 5.41) is 0. The summed E-state index contributed by atoms with van der Waals surface area (Å²) in [7, 11) is 2.89. The third-order valence-electron chi connectivity index (χ3n) is 4.44. The Morgan fingerprint density at radius 3 is 1.77 bits per heavy atom. The molecule has 0 aliphatic rings. The zero-order valence-corrected chi connectivity index (χ0v) is 14.9. The molecule has 0 fully saturated rings. The van der Waals surface area contributed by atoms with Gasteiger partial charge in [-0.3, -0.25) is 9.59 Å². The van der Waals surface area contributed by atoms with Gasteiger partial charge < -0.3 is 9.47 Å². The van der Waals surface area contributed by atoms with E-state index < -0.39 is 0 Å². The van der Waals surface area contributed by atoms with Gasteiger partial charge in [0, 0.05) is 6.42 Å². The summed E-state index contributed by atoms with van der Waals surface area (Å²) in [6, 6.07) is 0. The van der Waals surface area contributed by atoms with Gasteiger partial charge in [-0.15, -0.1) is 0 Å². The average molecular weight is 314 g/mol. The minimum absolute atomic E-state index is 0.000175. The summed E-state index contributed by atoms with van der Waals surface area (Å²) in [6.07, 6.45) is 11.1. The van der Waals surface area contributed by atoms with E-state index in [4.69, 9.17) is 4.74 Å². The fourth-order valence-corrected chi connectivity index (χ4v) is 2.57. The van der Waals surface area contributed by atoms with Crippen molar-refractivity contribution >= 4 is 11.9 Å². The van der Waals surface area contributed by atoms with Gasteiger partial charge in [-0.25, -0.2) is 0 Å². The van der Waals surface area contributed by atoms with Crippen LogP contribution in [0.1, 0.15) is 78.1 Å². The van der Waals surface area contributed by atoms with E-state index in [9.17, 15) is 9.59 Å². The molecule has 0 amide bonds. The molecule has 0 aliphatic heterocycles. The van der Waals surface area contributed by atoms with Crippen molar-refractivity contribution in [3.05, 3.63) is 0 Å². The van der Waals surface area contributed by atoms with E-state index in [-0.39, 0.29) is 17.9 Å². The molecule has 0 radical (unpaired) electrons. The van der Waals surface area contributed by atoms with E-state index in [1.165, 1.54) is 52.7 Å². The van der Waals surface area contributed by atoms with Gasteiger partial charge in [0.25, 0.3) is 0 Å². The lowest BCUT2D eigenvalue weighted by molar-refractivity contribution is -0.146. The monoisotopic (exact) mass is 314 g/mol. The van der Waals surface area contributed by atoms with Crippen LogP contribution in [0.25, 0.3) is 0 Å². The van der Waals surface area contributed by atoms with E-state index in [0.29, 0.717) is 12.3 Å². The molecule has 0 saturated heterocycles. The normalized spacial score (nSPS) is 13.5. The second-order valence-electron chi connectivity index (χ2n) is 6.23. The highest BCUT2D eigenvalue weighted by Gasteiger charge is 2.19. The molecular weight excluding hydrogens is 280 g/mol. The number of rotatable bonds is 13. The largest absolute Gasteiger partial charge is 0.469 e. The van der Waals surface area contributed by atoms with Gasteiger partial charge in [-0.1, -0.05) is 58.8 Å². The zero-order valence-electron chi connectivity index (χ0n) is 14.9. The number of hydrogen-bond acceptors (Lipinski definition) is 4. The van der Waals surface area contributed by atoms with Crippen LogP contribution in [0.2, 0.25) is 0 Å². The first-order valence-electron chi connectivity index (χ1n) is 8.67. The number of hydrogen-bond donors (Lipinski definition) is 0. The smallest absolute Gasteiger partial charge is 0.308 e. The highest BCUT2D eigenvalue weighted by Crippen LogP contribution is 2.20. The molecule has 0 aromatic rings. The van der Waals surface area contributed by atoms with Crippen molar-refractivity contribution in [2.45, 2.75) is 78.1 Å². The van der Waals surface area contributed by atoms with Crippen LogP contribution >= 0.6 is 0 Å². The molecular formula is C18H34O4. The molecule has 4 heteroatoms. The van der Waals surface area contributed by atoms with Crippen molar-refractivity contribution < 1.29 is 19.1 Å². The lowest BCUT2D eigenvalue weighted by Crippen LogP contribution is -2.20. The molecule has 0 heterocycles. The molecule has 0 aliphatic carbocycles. The fourth-order valence-electron chi connectivity index (χ4n) is 2.57. The molecule has 2 atom stereocenters. The lowest BCUT2D eigenvalue weighted by Gasteiger charge is -2.17. The molecule has 0 aromatic carbocycles. The van der Waals surface area contributed by atoms with Crippen LogP contribution in [0.3, 0.4) is 0 Å². The SMILES string of the molecule is COC(=O)CCCCCCCCCCC(C)C(C)C(=O)OC. The fraction of sp³-hybridized carbons (Fsp3) is 0.889. The molecule has 4 nitrogen and oxygen atoms in total. The molecule has 0 bridgehead atoms. The summed E-state index contributed by atoms with van der Waals surface area (Å²) in [4.78, 5) is 22.4. The Bertz CT molecular complexity index is 301. The Kier molecular flexibility index (Phi) is 12.9. The van der Waals surface area contributed by atoms with Gasteiger partial charge in [0.2, 0.25) is 0 Å². The maximum atomic E-state index is 11.4. The lowest BCUT2D eigenvalue weighted by atomic mass is 9.90. The molecule has 0 spiro atoms. The molecule has 0 rings (SSSR count). The van der Waals surface area contributed by atoms with Crippen LogP contribution < -0.4 is 0 Å². The summed E-state index contributed by atoms with van der Waals surface area (Å²) in [5.41, 5.74) is 0.